The predicted octanol–water partition coefficient (Wildman–Crippen LogP) is 3.46. The van der Waals surface area contributed by atoms with Gasteiger partial charge in [0.1, 0.15) is 5.75 Å². The molecule has 1 aromatic rings. The number of piperazine rings is 1. The van der Waals surface area contributed by atoms with E-state index in [0.29, 0.717) is 11.8 Å². The number of nitrogens with one attached hydrogen (secondary N) is 1. The van der Waals surface area contributed by atoms with Gasteiger partial charge in [-0.15, -0.1) is 31.4 Å². The van der Waals surface area contributed by atoms with Crippen molar-refractivity contribution in [1.82, 2.24) is 10.2 Å². The highest BCUT2D eigenvalue weighted by Crippen LogP contribution is 2.34. The van der Waals surface area contributed by atoms with Gasteiger partial charge in [0.25, 0.3) is 0 Å². The summed E-state index contributed by atoms with van der Waals surface area (Å²) in [6.07, 6.45) is 3.95. The highest BCUT2D eigenvalue weighted by molar-refractivity contribution is 5.85. The van der Waals surface area contributed by atoms with Crippen LogP contribution in [0.25, 0.3) is 0 Å². The van der Waals surface area contributed by atoms with Crippen molar-refractivity contribution in [2.24, 2.45) is 0 Å². The second-order valence-electron chi connectivity index (χ2n) is 5.18. The predicted molar refractivity (Wildman–Crippen MR) is 94.0 cm³/mol. The van der Waals surface area contributed by atoms with Crippen LogP contribution in [0.15, 0.2) is 30.9 Å². The fraction of sp³-hybridized carbons (Fsp3) is 0.500. The molecule has 1 fully saturated rings. The minimum absolute atomic E-state index is 0. The normalized spacial score (nSPS) is 16.4. The van der Waals surface area contributed by atoms with Gasteiger partial charge in [0.05, 0.1) is 0 Å². The average Bonchev–Trinajstić information content (AvgIpc) is 2.45. The Hall–Kier alpha value is -0.740. The third kappa shape index (κ3) is 5.19. The van der Waals surface area contributed by atoms with Gasteiger partial charge < -0.3 is 10.4 Å². The van der Waals surface area contributed by atoms with E-state index in [1.165, 1.54) is 0 Å². The van der Waals surface area contributed by atoms with Crippen molar-refractivity contribution in [2.75, 3.05) is 26.2 Å². The Morgan fingerprint density at radius 3 is 2.62 bits per heavy atom. The van der Waals surface area contributed by atoms with Crippen LogP contribution in [0.2, 0.25) is 0 Å². The molecule has 120 valence electrons. The number of aryl methyl sites for hydroxylation is 1. The molecule has 3 nitrogen and oxygen atoms in total. The Bertz CT molecular complexity index is 434. The van der Waals surface area contributed by atoms with Crippen LogP contribution in [-0.4, -0.2) is 36.2 Å². The molecular formula is C16H26Cl2N2O. The van der Waals surface area contributed by atoms with E-state index in [-0.39, 0.29) is 24.8 Å². The molecule has 1 heterocycles. The van der Waals surface area contributed by atoms with Crippen molar-refractivity contribution < 1.29 is 5.11 Å². The van der Waals surface area contributed by atoms with Gasteiger partial charge in [-0.25, -0.2) is 0 Å². The van der Waals surface area contributed by atoms with Crippen LogP contribution >= 0.6 is 24.8 Å². The van der Waals surface area contributed by atoms with Crippen LogP contribution in [-0.2, 0) is 0 Å². The third-order valence-corrected chi connectivity index (χ3v) is 3.86. The summed E-state index contributed by atoms with van der Waals surface area (Å²) in [6.45, 7) is 9.90. The lowest BCUT2D eigenvalue weighted by atomic mass is 9.96. The summed E-state index contributed by atoms with van der Waals surface area (Å²) in [4.78, 5) is 2.47. The second-order valence-corrected chi connectivity index (χ2v) is 5.18. The van der Waals surface area contributed by atoms with Gasteiger partial charge in [0, 0.05) is 37.8 Å². The first-order valence-corrected chi connectivity index (χ1v) is 7.08. The van der Waals surface area contributed by atoms with E-state index in [1.807, 2.05) is 25.1 Å². The maximum Gasteiger partial charge on any atom is 0.123 e. The van der Waals surface area contributed by atoms with Gasteiger partial charge in [-0.3, -0.25) is 4.90 Å². The maximum atomic E-state index is 10.3. The largest absolute Gasteiger partial charge is 0.507 e. The van der Waals surface area contributed by atoms with Gasteiger partial charge in [-0.05, 0) is 25.3 Å². The van der Waals surface area contributed by atoms with Gasteiger partial charge in [-0.2, -0.15) is 0 Å². The SMILES string of the molecule is C=CCC[C@H](c1cccc(C)c1O)N1CCNCC1.Cl.Cl. The molecule has 1 saturated heterocycles. The lowest BCUT2D eigenvalue weighted by Crippen LogP contribution is -2.45. The first kappa shape index (κ1) is 20.3. The number of halogens is 2. The number of nitrogens with zero attached hydrogens (tertiary/aromatic N) is 1. The average molecular weight is 333 g/mol. The molecule has 0 aliphatic carbocycles. The molecular weight excluding hydrogens is 307 g/mol. The van der Waals surface area contributed by atoms with Crippen molar-refractivity contribution >= 4 is 24.8 Å². The monoisotopic (exact) mass is 332 g/mol. The van der Waals surface area contributed by atoms with Gasteiger partial charge in [-0.1, -0.05) is 24.3 Å². The van der Waals surface area contributed by atoms with Gasteiger partial charge in [0.2, 0.25) is 0 Å². The number of para-hydroxylation sites is 1. The zero-order valence-corrected chi connectivity index (χ0v) is 14.2. The quantitative estimate of drug-likeness (QED) is 0.810. The lowest BCUT2D eigenvalue weighted by molar-refractivity contribution is 0.163. The van der Waals surface area contributed by atoms with Gasteiger partial charge >= 0.3 is 0 Å². The molecule has 0 amide bonds. The van der Waals surface area contributed by atoms with Crippen molar-refractivity contribution in [1.29, 1.82) is 0 Å². The summed E-state index contributed by atoms with van der Waals surface area (Å²) in [5.41, 5.74) is 2.01. The van der Waals surface area contributed by atoms with Crippen LogP contribution in [0.5, 0.6) is 5.75 Å². The Kier molecular flexibility index (Phi) is 9.71. The number of hydrogen-bond donors (Lipinski definition) is 2. The molecule has 1 atom stereocenters. The Balaban J connectivity index is 0.00000200. The van der Waals surface area contributed by atoms with Crippen LogP contribution in [0.1, 0.15) is 30.0 Å². The summed E-state index contributed by atoms with van der Waals surface area (Å²) < 4.78 is 0. The topological polar surface area (TPSA) is 35.5 Å². The number of aromatic hydroxyl groups is 1. The van der Waals surface area contributed by atoms with E-state index in [2.05, 4.69) is 22.9 Å². The molecule has 2 N–H and O–H groups in total. The number of benzene rings is 1. The Morgan fingerprint density at radius 2 is 2.00 bits per heavy atom. The summed E-state index contributed by atoms with van der Waals surface area (Å²) in [6, 6.07) is 6.34. The number of rotatable bonds is 5. The van der Waals surface area contributed by atoms with E-state index >= 15 is 0 Å². The second kappa shape index (κ2) is 10.1. The van der Waals surface area contributed by atoms with Crippen LogP contribution in [0.3, 0.4) is 0 Å². The highest BCUT2D eigenvalue weighted by Gasteiger charge is 2.24. The van der Waals surface area contributed by atoms with Crippen molar-refractivity contribution in [3.05, 3.63) is 42.0 Å². The third-order valence-electron chi connectivity index (χ3n) is 3.86. The summed E-state index contributed by atoms with van der Waals surface area (Å²) in [5.74, 6) is 0.454. The number of phenolic OH excluding ortho intramolecular Hbond substituents is 1. The molecule has 2 rings (SSSR count). The van der Waals surface area contributed by atoms with E-state index in [1.54, 1.807) is 0 Å². The van der Waals surface area contributed by atoms with Crippen molar-refractivity contribution in [2.45, 2.75) is 25.8 Å². The minimum Gasteiger partial charge on any atom is -0.507 e. The zero-order chi connectivity index (χ0) is 13.7. The van der Waals surface area contributed by atoms with Crippen LogP contribution < -0.4 is 5.32 Å². The molecule has 1 aliphatic heterocycles. The molecule has 5 heteroatoms. The van der Waals surface area contributed by atoms with E-state index in [0.717, 1.165) is 50.1 Å². The lowest BCUT2D eigenvalue weighted by Gasteiger charge is -2.35. The van der Waals surface area contributed by atoms with E-state index < -0.39 is 0 Å². The van der Waals surface area contributed by atoms with E-state index in [4.69, 9.17) is 0 Å². The fourth-order valence-corrected chi connectivity index (χ4v) is 2.75. The molecule has 0 radical (unpaired) electrons. The molecule has 1 aromatic carbocycles. The molecule has 0 spiro atoms. The number of allylic oxidation sites excluding steroid dienone is 1. The summed E-state index contributed by atoms with van der Waals surface area (Å²) in [7, 11) is 0. The molecule has 21 heavy (non-hydrogen) atoms. The molecule has 0 saturated carbocycles. The zero-order valence-electron chi connectivity index (χ0n) is 12.5. The number of phenols is 1. The van der Waals surface area contributed by atoms with Crippen LogP contribution in [0, 0.1) is 6.92 Å². The summed E-state index contributed by atoms with van der Waals surface area (Å²) in [5, 5.41) is 13.7. The van der Waals surface area contributed by atoms with Crippen molar-refractivity contribution in [3.63, 3.8) is 0 Å². The van der Waals surface area contributed by atoms with Crippen molar-refractivity contribution in [3.8, 4) is 5.75 Å². The van der Waals surface area contributed by atoms with E-state index in [9.17, 15) is 5.11 Å². The van der Waals surface area contributed by atoms with Gasteiger partial charge in [0.15, 0.2) is 0 Å². The standard InChI is InChI=1S/C16H24N2O.2ClH/c1-3-4-8-15(18-11-9-17-10-12-18)14-7-5-6-13(2)16(14)19;;/h3,5-7,15,17,19H,1,4,8-12H2,2H3;2*1H/t15-;;/m1../s1. The highest BCUT2D eigenvalue weighted by atomic mass is 35.5. The maximum absolute atomic E-state index is 10.3. The first-order chi connectivity index (χ1) is 9.24. The molecule has 0 bridgehead atoms. The molecule has 0 unspecified atom stereocenters. The Morgan fingerprint density at radius 1 is 1.33 bits per heavy atom. The van der Waals surface area contributed by atoms with Crippen LogP contribution in [0.4, 0.5) is 0 Å². The summed E-state index contributed by atoms with van der Waals surface area (Å²) >= 11 is 0. The minimum atomic E-state index is 0. The Labute approximate surface area is 140 Å². The smallest absolute Gasteiger partial charge is 0.123 e. The number of hydrogen-bond acceptors (Lipinski definition) is 3. The fourth-order valence-electron chi connectivity index (χ4n) is 2.75. The molecule has 1 aliphatic rings. The first-order valence-electron chi connectivity index (χ1n) is 7.08. The molecule has 0 aromatic heterocycles.